The molecule has 1 saturated heterocycles. The Bertz CT molecular complexity index is 610. The number of hydrogen-bond acceptors (Lipinski definition) is 5. The molecule has 2 aromatic rings. The number of nitrogens with one attached hydrogen (secondary N) is 2. The van der Waals surface area contributed by atoms with Gasteiger partial charge in [0.15, 0.2) is 0 Å². The minimum absolute atomic E-state index is 0.0483. The Morgan fingerprint density at radius 2 is 2.45 bits per heavy atom. The first-order chi connectivity index (χ1) is 10.8. The summed E-state index contributed by atoms with van der Waals surface area (Å²) in [6, 6.07) is 7.48. The summed E-state index contributed by atoms with van der Waals surface area (Å²) in [4.78, 5) is 16.5. The van der Waals surface area contributed by atoms with Crippen LogP contribution in [0.1, 0.15) is 28.9 Å². The molecule has 116 valence electrons. The third-order valence-electron chi connectivity index (χ3n) is 3.60. The van der Waals surface area contributed by atoms with Gasteiger partial charge >= 0.3 is 0 Å². The molecule has 0 saturated carbocycles. The van der Waals surface area contributed by atoms with Gasteiger partial charge in [0.05, 0.1) is 11.2 Å². The highest BCUT2D eigenvalue weighted by molar-refractivity contribution is 7.07. The van der Waals surface area contributed by atoms with Crippen LogP contribution in [0.25, 0.3) is 0 Å². The molecule has 0 unspecified atom stereocenters. The highest BCUT2D eigenvalue weighted by Gasteiger charge is 2.16. The summed E-state index contributed by atoms with van der Waals surface area (Å²) in [6.45, 7) is 2.29. The Morgan fingerprint density at radius 1 is 1.50 bits per heavy atom. The van der Waals surface area contributed by atoms with Gasteiger partial charge in [0.25, 0.3) is 5.91 Å². The minimum atomic E-state index is -0.0483. The average Bonchev–Trinajstić information content (AvgIpc) is 3.08. The van der Waals surface area contributed by atoms with Crippen molar-refractivity contribution in [3.63, 3.8) is 0 Å². The lowest BCUT2D eigenvalue weighted by molar-refractivity contribution is 0.0930. The van der Waals surface area contributed by atoms with Crippen LogP contribution in [0.15, 0.2) is 35.2 Å². The van der Waals surface area contributed by atoms with E-state index in [-0.39, 0.29) is 11.9 Å². The van der Waals surface area contributed by atoms with E-state index >= 15 is 0 Å². The lowest BCUT2D eigenvalue weighted by Gasteiger charge is -2.23. The van der Waals surface area contributed by atoms with Crippen molar-refractivity contribution in [3.8, 4) is 5.75 Å². The molecule has 0 bridgehead atoms. The van der Waals surface area contributed by atoms with Crippen LogP contribution >= 0.6 is 11.3 Å². The smallest absolute Gasteiger partial charge is 0.251 e. The van der Waals surface area contributed by atoms with Crippen molar-refractivity contribution in [1.82, 2.24) is 15.6 Å². The zero-order valence-corrected chi connectivity index (χ0v) is 13.1. The number of nitrogens with zero attached hydrogens (tertiary/aromatic N) is 1. The van der Waals surface area contributed by atoms with E-state index in [1.54, 1.807) is 29.0 Å². The molecule has 2 heterocycles. The number of amides is 1. The molecule has 6 heteroatoms. The Hall–Kier alpha value is -1.92. The lowest BCUT2D eigenvalue weighted by Crippen LogP contribution is -2.45. The Kier molecular flexibility index (Phi) is 5.03. The zero-order chi connectivity index (χ0) is 15.2. The van der Waals surface area contributed by atoms with Gasteiger partial charge in [0.2, 0.25) is 0 Å². The summed E-state index contributed by atoms with van der Waals surface area (Å²) in [6.07, 6.45) is 2.13. The van der Waals surface area contributed by atoms with E-state index in [0.29, 0.717) is 17.9 Å². The zero-order valence-electron chi connectivity index (χ0n) is 12.2. The Labute approximate surface area is 133 Å². The molecule has 5 nitrogen and oxygen atoms in total. The maximum atomic E-state index is 12.3. The molecule has 3 rings (SSSR count). The van der Waals surface area contributed by atoms with Crippen molar-refractivity contribution in [2.45, 2.75) is 25.5 Å². The van der Waals surface area contributed by atoms with Gasteiger partial charge in [-0.3, -0.25) is 4.79 Å². The molecule has 1 aliphatic heterocycles. The van der Waals surface area contributed by atoms with Crippen molar-refractivity contribution in [2.75, 3.05) is 13.1 Å². The number of carbonyl (C=O) groups excluding carboxylic acids is 1. The van der Waals surface area contributed by atoms with E-state index in [1.807, 2.05) is 17.5 Å². The van der Waals surface area contributed by atoms with Gasteiger partial charge in [-0.05, 0) is 37.6 Å². The summed E-state index contributed by atoms with van der Waals surface area (Å²) < 4.78 is 5.68. The number of benzene rings is 1. The summed E-state index contributed by atoms with van der Waals surface area (Å²) >= 11 is 1.54. The highest BCUT2D eigenvalue weighted by Crippen LogP contribution is 2.16. The second-order valence-corrected chi connectivity index (χ2v) is 6.03. The van der Waals surface area contributed by atoms with Crippen LogP contribution in [0.5, 0.6) is 5.75 Å². The van der Waals surface area contributed by atoms with Crippen LogP contribution in [0.4, 0.5) is 0 Å². The van der Waals surface area contributed by atoms with Crippen molar-refractivity contribution < 1.29 is 9.53 Å². The van der Waals surface area contributed by atoms with Crippen LogP contribution in [-0.2, 0) is 6.61 Å². The standard InChI is InChI=1S/C16H19N3O2S/c20-16(19-13-4-2-6-17-8-13)12-3-1-5-15(7-12)21-9-14-10-22-11-18-14/h1,3,5,7,10-11,13,17H,2,4,6,8-9H2,(H,19,20)/t13-/m0/s1. The fourth-order valence-electron chi connectivity index (χ4n) is 2.44. The fourth-order valence-corrected chi connectivity index (χ4v) is 2.98. The predicted molar refractivity (Wildman–Crippen MR) is 86.2 cm³/mol. The number of piperidine rings is 1. The number of rotatable bonds is 5. The minimum Gasteiger partial charge on any atom is -0.487 e. The van der Waals surface area contributed by atoms with Gasteiger partial charge in [0, 0.05) is 23.5 Å². The molecule has 0 spiro atoms. The molecular weight excluding hydrogens is 298 g/mol. The van der Waals surface area contributed by atoms with E-state index < -0.39 is 0 Å². The van der Waals surface area contributed by atoms with Crippen LogP contribution in [0, 0.1) is 0 Å². The molecule has 1 amide bonds. The van der Waals surface area contributed by atoms with Crippen molar-refractivity contribution in [1.29, 1.82) is 0 Å². The van der Waals surface area contributed by atoms with Crippen molar-refractivity contribution in [2.24, 2.45) is 0 Å². The van der Waals surface area contributed by atoms with Crippen molar-refractivity contribution >= 4 is 17.2 Å². The van der Waals surface area contributed by atoms with E-state index in [0.717, 1.165) is 31.6 Å². The van der Waals surface area contributed by atoms with Gasteiger partial charge in [-0.15, -0.1) is 11.3 Å². The molecule has 1 atom stereocenters. The molecule has 2 N–H and O–H groups in total. The normalized spacial score (nSPS) is 17.9. The molecule has 22 heavy (non-hydrogen) atoms. The first-order valence-corrected chi connectivity index (χ1v) is 8.37. The van der Waals surface area contributed by atoms with Gasteiger partial charge in [-0.2, -0.15) is 0 Å². The van der Waals surface area contributed by atoms with Crippen molar-refractivity contribution in [3.05, 3.63) is 46.4 Å². The summed E-state index contributed by atoms with van der Waals surface area (Å²) in [5, 5.41) is 8.31. The summed E-state index contributed by atoms with van der Waals surface area (Å²) in [5.74, 6) is 0.634. The molecule has 1 aliphatic rings. The van der Waals surface area contributed by atoms with Crippen LogP contribution in [0.3, 0.4) is 0 Å². The third-order valence-corrected chi connectivity index (χ3v) is 4.23. The summed E-state index contributed by atoms with van der Waals surface area (Å²) in [7, 11) is 0. The number of carbonyl (C=O) groups is 1. The van der Waals surface area contributed by atoms with E-state index in [4.69, 9.17) is 4.74 Å². The Balaban J connectivity index is 1.58. The second kappa shape index (κ2) is 7.38. The first-order valence-electron chi connectivity index (χ1n) is 7.43. The first kappa shape index (κ1) is 15.0. The van der Waals surface area contributed by atoms with Gasteiger partial charge in [-0.25, -0.2) is 4.98 Å². The molecular formula is C16H19N3O2S. The summed E-state index contributed by atoms with van der Waals surface area (Å²) in [5.41, 5.74) is 3.30. The number of hydrogen-bond donors (Lipinski definition) is 2. The van der Waals surface area contributed by atoms with Crippen LogP contribution in [-0.4, -0.2) is 30.0 Å². The van der Waals surface area contributed by atoms with E-state index in [1.165, 1.54) is 0 Å². The van der Waals surface area contributed by atoms with E-state index in [2.05, 4.69) is 15.6 Å². The second-order valence-electron chi connectivity index (χ2n) is 5.31. The highest BCUT2D eigenvalue weighted by atomic mass is 32.1. The fraction of sp³-hybridized carbons (Fsp3) is 0.375. The number of aromatic nitrogens is 1. The third kappa shape index (κ3) is 4.05. The quantitative estimate of drug-likeness (QED) is 0.887. The molecule has 1 aromatic heterocycles. The van der Waals surface area contributed by atoms with Gasteiger partial charge in [0.1, 0.15) is 12.4 Å². The topological polar surface area (TPSA) is 63.2 Å². The largest absolute Gasteiger partial charge is 0.487 e. The van der Waals surface area contributed by atoms with Crippen LogP contribution in [0.2, 0.25) is 0 Å². The number of ether oxygens (including phenoxy) is 1. The maximum Gasteiger partial charge on any atom is 0.251 e. The van der Waals surface area contributed by atoms with Gasteiger partial charge < -0.3 is 15.4 Å². The molecule has 0 aliphatic carbocycles. The lowest BCUT2D eigenvalue weighted by atomic mass is 10.1. The predicted octanol–water partition coefficient (Wildman–Crippen LogP) is 2.20. The number of thiazole rings is 1. The molecule has 1 aromatic carbocycles. The maximum absolute atomic E-state index is 12.3. The van der Waals surface area contributed by atoms with E-state index in [9.17, 15) is 4.79 Å². The monoisotopic (exact) mass is 317 g/mol. The molecule has 0 radical (unpaired) electrons. The van der Waals surface area contributed by atoms with Gasteiger partial charge in [-0.1, -0.05) is 6.07 Å². The van der Waals surface area contributed by atoms with Crippen LogP contribution < -0.4 is 15.4 Å². The Morgan fingerprint density at radius 3 is 3.23 bits per heavy atom. The molecule has 1 fully saturated rings. The average molecular weight is 317 g/mol. The SMILES string of the molecule is O=C(N[C@H]1CCCNC1)c1cccc(OCc2cscn2)c1.